The van der Waals surface area contributed by atoms with E-state index in [1.165, 1.54) is 0 Å². The van der Waals surface area contributed by atoms with Gasteiger partial charge in [0, 0.05) is 31.3 Å². The number of anilines is 1. The van der Waals surface area contributed by atoms with Crippen LogP contribution in [0.2, 0.25) is 0 Å². The van der Waals surface area contributed by atoms with Gasteiger partial charge in [-0.3, -0.25) is 4.79 Å². The molecular weight excluding hydrogens is 426 g/mol. The first-order valence-electron chi connectivity index (χ1n) is 8.69. The average molecular weight is 448 g/mol. The Morgan fingerprint density at radius 1 is 1.04 bits per heavy atom. The lowest BCUT2D eigenvalue weighted by molar-refractivity contribution is 0.104. The zero-order chi connectivity index (χ0) is 20.3. The van der Waals surface area contributed by atoms with Gasteiger partial charge in [0.15, 0.2) is 17.3 Å². The summed E-state index contributed by atoms with van der Waals surface area (Å²) in [6.07, 6.45) is 1.72. The standard InChI is InChI=1S/C21H22BrNO5/c1-23(2)16-10-13(5-6-17(16)25-3)21(24)15(22)9-14-11-19-20(12-18(14)26-4)28-8-7-27-19/h5-6,9-12H,7-8H2,1-4H3/b15-9+. The monoisotopic (exact) mass is 447 g/mol. The van der Waals surface area contributed by atoms with Crippen LogP contribution in [0.5, 0.6) is 23.0 Å². The van der Waals surface area contributed by atoms with Crippen LogP contribution in [0.15, 0.2) is 34.8 Å². The Kier molecular flexibility index (Phi) is 6.14. The number of hydrogen-bond donors (Lipinski definition) is 0. The highest BCUT2D eigenvalue weighted by molar-refractivity contribution is 9.12. The number of benzene rings is 2. The second kappa shape index (κ2) is 8.56. The fourth-order valence-electron chi connectivity index (χ4n) is 2.90. The SMILES string of the molecule is COc1cc2c(cc1/C=C(/Br)C(=O)c1ccc(OC)c(N(C)C)c1)OCCO2. The molecule has 1 aliphatic heterocycles. The topological polar surface area (TPSA) is 57.2 Å². The van der Waals surface area contributed by atoms with Crippen molar-refractivity contribution in [3.63, 3.8) is 0 Å². The smallest absolute Gasteiger partial charge is 0.200 e. The third kappa shape index (κ3) is 4.09. The molecule has 0 unspecified atom stereocenters. The number of methoxy groups -OCH3 is 2. The zero-order valence-corrected chi connectivity index (χ0v) is 17.8. The number of ketones is 1. The van der Waals surface area contributed by atoms with Crippen molar-refractivity contribution < 1.29 is 23.7 Å². The molecule has 148 valence electrons. The Labute approximate surface area is 172 Å². The molecule has 1 heterocycles. The summed E-state index contributed by atoms with van der Waals surface area (Å²) >= 11 is 3.41. The molecule has 2 aromatic carbocycles. The molecule has 3 rings (SSSR count). The maximum Gasteiger partial charge on any atom is 0.200 e. The fraction of sp³-hybridized carbons (Fsp3) is 0.286. The van der Waals surface area contributed by atoms with Gasteiger partial charge in [-0.15, -0.1) is 0 Å². The van der Waals surface area contributed by atoms with Crippen LogP contribution in [-0.4, -0.2) is 47.3 Å². The second-order valence-corrected chi connectivity index (χ2v) is 7.19. The molecule has 0 aliphatic carbocycles. The van der Waals surface area contributed by atoms with E-state index in [-0.39, 0.29) is 5.78 Å². The predicted molar refractivity (Wildman–Crippen MR) is 113 cm³/mol. The predicted octanol–water partition coefficient (Wildman–Crippen LogP) is 4.16. The molecule has 0 aromatic heterocycles. The van der Waals surface area contributed by atoms with E-state index in [0.717, 1.165) is 5.69 Å². The van der Waals surface area contributed by atoms with Gasteiger partial charge in [-0.25, -0.2) is 0 Å². The van der Waals surface area contributed by atoms with Gasteiger partial charge < -0.3 is 23.8 Å². The Morgan fingerprint density at radius 3 is 2.29 bits per heavy atom. The lowest BCUT2D eigenvalue weighted by Crippen LogP contribution is -2.15. The highest BCUT2D eigenvalue weighted by Gasteiger charge is 2.18. The maximum atomic E-state index is 12.9. The highest BCUT2D eigenvalue weighted by Crippen LogP contribution is 2.38. The van der Waals surface area contributed by atoms with Gasteiger partial charge in [0.05, 0.1) is 24.4 Å². The minimum atomic E-state index is -0.150. The van der Waals surface area contributed by atoms with Gasteiger partial charge in [-0.2, -0.15) is 0 Å². The minimum Gasteiger partial charge on any atom is -0.496 e. The van der Waals surface area contributed by atoms with E-state index in [1.807, 2.05) is 19.0 Å². The lowest BCUT2D eigenvalue weighted by Gasteiger charge is -2.20. The van der Waals surface area contributed by atoms with E-state index in [1.54, 1.807) is 50.6 Å². The number of nitrogens with zero attached hydrogens (tertiary/aromatic N) is 1. The molecule has 0 saturated carbocycles. The Bertz CT molecular complexity index is 923. The van der Waals surface area contributed by atoms with Gasteiger partial charge in [0.25, 0.3) is 0 Å². The van der Waals surface area contributed by atoms with Crippen LogP contribution in [0.25, 0.3) is 6.08 Å². The van der Waals surface area contributed by atoms with Crippen molar-refractivity contribution in [1.29, 1.82) is 0 Å². The molecule has 0 bridgehead atoms. The molecule has 2 aromatic rings. The van der Waals surface area contributed by atoms with E-state index >= 15 is 0 Å². The molecule has 0 amide bonds. The summed E-state index contributed by atoms with van der Waals surface area (Å²) in [5, 5.41) is 0. The van der Waals surface area contributed by atoms with Gasteiger partial charge in [0.2, 0.25) is 0 Å². The van der Waals surface area contributed by atoms with Crippen LogP contribution in [-0.2, 0) is 0 Å². The summed E-state index contributed by atoms with van der Waals surface area (Å²) in [6.45, 7) is 0.987. The molecule has 0 radical (unpaired) electrons. The fourth-order valence-corrected chi connectivity index (χ4v) is 3.37. The van der Waals surface area contributed by atoms with Crippen LogP contribution in [0.1, 0.15) is 15.9 Å². The summed E-state index contributed by atoms with van der Waals surface area (Å²) in [5.74, 6) is 2.41. The number of hydrogen-bond acceptors (Lipinski definition) is 6. The van der Waals surface area contributed by atoms with Crippen molar-refractivity contribution >= 4 is 33.5 Å². The van der Waals surface area contributed by atoms with Crippen molar-refractivity contribution in [3.8, 4) is 23.0 Å². The van der Waals surface area contributed by atoms with E-state index in [9.17, 15) is 4.79 Å². The Hall–Kier alpha value is -2.67. The first-order chi connectivity index (χ1) is 13.4. The lowest BCUT2D eigenvalue weighted by atomic mass is 10.1. The van der Waals surface area contributed by atoms with E-state index in [4.69, 9.17) is 18.9 Å². The van der Waals surface area contributed by atoms with Crippen molar-refractivity contribution in [2.45, 2.75) is 0 Å². The number of allylic oxidation sites excluding steroid dienone is 1. The number of Topliss-reactive ketones (excluding diaryl/α,β-unsaturated/α-hetero) is 1. The molecular formula is C21H22BrNO5. The summed E-state index contributed by atoms with van der Waals surface area (Å²) in [6, 6.07) is 8.90. The maximum absolute atomic E-state index is 12.9. The Morgan fingerprint density at radius 2 is 1.68 bits per heavy atom. The number of fused-ring (bicyclic) bond motifs is 1. The molecule has 7 heteroatoms. The molecule has 0 saturated heterocycles. The van der Waals surface area contributed by atoms with Crippen LogP contribution in [0.3, 0.4) is 0 Å². The number of carbonyl (C=O) groups excluding carboxylic acids is 1. The molecule has 0 spiro atoms. The largest absolute Gasteiger partial charge is 0.496 e. The van der Waals surface area contributed by atoms with Crippen molar-refractivity contribution in [3.05, 3.63) is 45.9 Å². The summed E-state index contributed by atoms with van der Waals surface area (Å²) in [7, 11) is 6.98. The Balaban J connectivity index is 1.95. The highest BCUT2D eigenvalue weighted by atomic mass is 79.9. The summed E-state index contributed by atoms with van der Waals surface area (Å²) in [5.41, 5.74) is 2.09. The summed E-state index contributed by atoms with van der Waals surface area (Å²) < 4.78 is 22.4. The van der Waals surface area contributed by atoms with Gasteiger partial charge in [0.1, 0.15) is 24.7 Å². The van der Waals surface area contributed by atoms with Crippen LogP contribution in [0.4, 0.5) is 5.69 Å². The molecule has 28 heavy (non-hydrogen) atoms. The molecule has 0 N–H and O–H groups in total. The van der Waals surface area contributed by atoms with E-state index < -0.39 is 0 Å². The third-order valence-electron chi connectivity index (χ3n) is 4.32. The van der Waals surface area contributed by atoms with Crippen molar-refractivity contribution in [1.82, 2.24) is 0 Å². The first kappa shape index (κ1) is 20.1. The second-order valence-electron chi connectivity index (χ2n) is 6.34. The van der Waals surface area contributed by atoms with Gasteiger partial charge >= 0.3 is 0 Å². The van der Waals surface area contributed by atoms with Gasteiger partial charge in [-0.1, -0.05) is 0 Å². The normalized spacial score (nSPS) is 13.1. The number of carbonyl (C=O) groups is 1. The molecule has 0 atom stereocenters. The van der Waals surface area contributed by atoms with Gasteiger partial charge in [-0.05, 0) is 46.3 Å². The molecule has 0 fully saturated rings. The number of ether oxygens (including phenoxy) is 4. The molecule has 6 nitrogen and oxygen atoms in total. The third-order valence-corrected chi connectivity index (χ3v) is 4.91. The van der Waals surface area contributed by atoms with Crippen molar-refractivity contribution in [2.24, 2.45) is 0 Å². The summed E-state index contributed by atoms with van der Waals surface area (Å²) in [4.78, 5) is 14.8. The van der Waals surface area contributed by atoms with E-state index in [2.05, 4.69) is 15.9 Å². The quantitative estimate of drug-likeness (QED) is 0.489. The zero-order valence-electron chi connectivity index (χ0n) is 16.2. The van der Waals surface area contributed by atoms with Crippen LogP contribution >= 0.6 is 15.9 Å². The van der Waals surface area contributed by atoms with Crippen molar-refractivity contribution in [2.75, 3.05) is 46.4 Å². The average Bonchev–Trinajstić information content (AvgIpc) is 2.71. The van der Waals surface area contributed by atoms with E-state index in [0.29, 0.717) is 51.8 Å². The first-order valence-corrected chi connectivity index (χ1v) is 9.48. The molecule has 1 aliphatic rings. The van der Waals surface area contributed by atoms with Crippen LogP contribution in [0, 0.1) is 0 Å². The number of halogens is 1. The number of rotatable bonds is 6. The minimum absolute atomic E-state index is 0.150. The van der Waals surface area contributed by atoms with Crippen LogP contribution < -0.4 is 23.8 Å².